The Kier molecular flexibility index (Phi) is 6.96. The molecule has 1 aromatic rings. The minimum Gasteiger partial charge on any atom is -0.394 e. The number of aromatic nitrogens is 2. The quantitative estimate of drug-likeness (QED) is 0.308. The summed E-state index contributed by atoms with van der Waals surface area (Å²) < 4.78 is 0. The molecule has 9 heteroatoms. The monoisotopic (exact) mass is 300 g/mol. The molecule has 0 aliphatic carbocycles. The lowest BCUT2D eigenvalue weighted by atomic mass is 10.0. The van der Waals surface area contributed by atoms with Gasteiger partial charge in [-0.2, -0.15) is 0 Å². The van der Waals surface area contributed by atoms with Gasteiger partial charge in [-0.1, -0.05) is 0 Å². The minimum atomic E-state index is -1.60. The average Bonchev–Trinajstić information content (AvgIpc) is 2.49. The molecule has 9 nitrogen and oxygen atoms in total. The first-order valence-corrected chi connectivity index (χ1v) is 6.37. The Morgan fingerprint density at radius 2 is 2.00 bits per heavy atom. The third-order valence-corrected chi connectivity index (χ3v) is 2.80. The topological polar surface area (TPSA) is 148 Å². The standard InChI is InChI=1S/C12H20N4O5/c1-7(18)16-8(11(20)12(21)9(19)6-17)4-15-10-5-13-2-3-14-10/h2-3,5,8-9,11-12,17,19-21H,4,6H2,1H3,(H,14,15)(H,16,18)/t8-,9+,11+,12-/m0/s1. The van der Waals surface area contributed by atoms with Crippen LogP contribution in [0.4, 0.5) is 5.82 Å². The molecular weight excluding hydrogens is 280 g/mol. The largest absolute Gasteiger partial charge is 0.394 e. The molecular formula is C12H20N4O5. The van der Waals surface area contributed by atoms with Crippen LogP contribution in [0.3, 0.4) is 0 Å². The third-order valence-electron chi connectivity index (χ3n) is 2.80. The lowest BCUT2D eigenvalue weighted by Crippen LogP contribution is -2.55. The summed E-state index contributed by atoms with van der Waals surface area (Å²) in [7, 11) is 0. The molecule has 1 aromatic heterocycles. The molecule has 4 atom stereocenters. The van der Waals surface area contributed by atoms with E-state index in [-0.39, 0.29) is 6.54 Å². The number of hydrogen-bond acceptors (Lipinski definition) is 8. The van der Waals surface area contributed by atoms with Crippen LogP contribution in [0.5, 0.6) is 0 Å². The van der Waals surface area contributed by atoms with Crippen molar-refractivity contribution in [2.24, 2.45) is 0 Å². The van der Waals surface area contributed by atoms with Gasteiger partial charge in [0.05, 0.1) is 18.8 Å². The molecule has 0 fully saturated rings. The number of nitrogens with zero attached hydrogens (tertiary/aromatic N) is 2. The first kappa shape index (κ1) is 17.2. The maximum Gasteiger partial charge on any atom is 0.217 e. The Labute approximate surface area is 121 Å². The molecule has 0 bridgehead atoms. The van der Waals surface area contributed by atoms with Gasteiger partial charge in [0.15, 0.2) is 0 Å². The normalized spacial score (nSPS) is 16.6. The fourth-order valence-corrected chi connectivity index (χ4v) is 1.70. The zero-order valence-electron chi connectivity index (χ0n) is 11.5. The summed E-state index contributed by atoms with van der Waals surface area (Å²) in [5.41, 5.74) is 0. The number of hydrogen-bond donors (Lipinski definition) is 6. The van der Waals surface area contributed by atoms with E-state index in [1.807, 2.05) is 0 Å². The summed E-state index contributed by atoms with van der Waals surface area (Å²) in [6.45, 7) is 0.605. The molecule has 0 saturated carbocycles. The van der Waals surface area contributed by atoms with Gasteiger partial charge in [0.2, 0.25) is 5.91 Å². The highest BCUT2D eigenvalue weighted by Crippen LogP contribution is 2.07. The van der Waals surface area contributed by atoms with Crippen LogP contribution in [0, 0.1) is 0 Å². The second-order valence-corrected chi connectivity index (χ2v) is 4.51. The summed E-state index contributed by atoms with van der Waals surface area (Å²) in [6, 6.07) is -0.888. The predicted octanol–water partition coefficient (Wildman–Crippen LogP) is -2.53. The molecule has 0 aromatic carbocycles. The Hall–Kier alpha value is -1.81. The van der Waals surface area contributed by atoms with Crippen LogP contribution in [0.25, 0.3) is 0 Å². The molecule has 0 aliphatic rings. The summed E-state index contributed by atoms with van der Waals surface area (Å²) in [5.74, 6) is 0.0166. The first-order chi connectivity index (χ1) is 9.95. The van der Waals surface area contributed by atoms with E-state index in [0.29, 0.717) is 5.82 Å². The van der Waals surface area contributed by atoms with E-state index in [9.17, 15) is 20.1 Å². The number of aliphatic hydroxyl groups is 4. The average molecular weight is 300 g/mol. The Morgan fingerprint density at radius 3 is 2.52 bits per heavy atom. The van der Waals surface area contributed by atoms with E-state index < -0.39 is 36.9 Å². The molecule has 1 heterocycles. The van der Waals surface area contributed by atoms with Gasteiger partial charge >= 0.3 is 0 Å². The van der Waals surface area contributed by atoms with Crippen LogP contribution in [0.2, 0.25) is 0 Å². The van der Waals surface area contributed by atoms with E-state index in [1.165, 1.54) is 25.5 Å². The zero-order valence-corrected chi connectivity index (χ0v) is 11.5. The maximum atomic E-state index is 11.2. The Bertz CT molecular complexity index is 433. The number of rotatable bonds is 8. The Morgan fingerprint density at radius 1 is 1.29 bits per heavy atom. The fourth-order valence-electron chi connectivity index (χ4n) is 1.70. The predicted molar refractivity (Wildman–Crippen MR) is 73.2 cm³/mol. The van der Waals surface area contributed by atoms with Gasteiger partial charge in [0.25, 0.3) is 0 Å². The van der Waals surface area contributed by atoms with Crippen molar-refractivity contribution in [1.82, 2.24) is 15.3 Å². The molecule has 1 amide bonds. The van der Waals surface area contributed by atoms with E-state index in [2.05, 4.69) is 20.6 Å². The van der Waals surface area contributed by atoms with Crippen LogP contribution >= 0.6 is 0 Å². The summed E-state index contributed by atoms with van der Waals surface area (Å²) in [4.78, 5) is 19.0. The summed E-state index contributed by atoms with van der Waals surface area (Å²) in [6.07, 6.45) is -0.164. The second kappa shape index (κ2) is 8.47. The van der Waals surface area contributed by atoms with E-state index in [4.69, 9.17) is 5.11 Å². The smallest absolute Gasteiger partial charge is 0.217 e. The first-order valence-electron chi connectivity index (χ1n) is 6.37. The number of carbonyl (C=O) groups excluding carboxylic acids is 1. The second-order valence-electron chi connectivity index (χ2n) is 4.51. The molecule has 0 saturated heterocycles. The van der Waals surface area contributed by atoms with Crippen LogP contribution in [0.15, 0.2) is 18.6 Å². The van der Waals surface area contributed by atoms with E-state index in [0.717, 1.165) is 0 Å². The molecule has 0 radical (unpaired) electrons. The van der Waals surface area contributed by atoms with Gasteiger partial charge in [-0.3, -0.25) is 9.78 Å². The van der Waals surface area contributed by atoms with Crippen molar-refractivity contribution in [2.75, 3.05) is 18.5 Å². The van der Waals surface area contributed by atoms with Crippen molar-refractivity contribution in [2.45, 2.75) is 31.3 Å². The highest BCUT2D eigenvalue weighted by atomic mass is 16.4. The number of nitrogens with one attached hydrogen (secondary N) is 2. The van der Waals surface area contributed by atoms with Crippen LogP contribution in [0.1, 0.15) is 6.92 Å². The SMILES string of the molecule is CC(=O)N[C@@H](CNc1cnccn1)[C@@H](O)[C@@H](O)[C@H](O)CO. The Balaban J connectivity index is 2.68. The lowest BCUT2D eigenvalue weighted by molar-refractivity contribution is -0.123. The van der Waals surface area contributed by atoms with Crippen molar-refractivity contribution in [3.05, 3.63) is 18.6 Å². The number of amides is 1. The molecule has 1 rings (SSSR count). The van der Waals surface area contributed by atoms with E-state index in [1.54, 1.807) is 0 Å². The molecule has 0 unspecified atom stereocenters. The van der Waals surface area contributed by atoms with Gasteiger partial charge in [-0.15, -0.1) is 0 Å². The molecule has 0 spiro atoms. The van der Waals surface area contributed by atoms with Crippen LogP contribution in [-0.4, -0.2) is 73.8 Å². The highest BCUT2D eigenvalue weighted by molar-refractivity contribution is 5.73. The van der Waals surface area contributed by atoms with Crippen molar-refractivity contribution in [1.29, 1.82) is 0 Å². The number of aliphatic hydroxyl groups excluding tert-OH is 4. The zero-order chi connectivity index (χ0) is 15.8. The summed E-state index contributed by atoms with van der Waals surface area (Å²) >= 11 is 0. The van der Waals surface area contributed by atoms with Gasteiger partial charge in [0.1, 0.15) is 24.1 Å². The summed E-state index contributed by atoms with van der Waals surface area (Å²) in [5, 5.41) is 43.1. The number of anilines is 1. The lowest BCUT2D eigenvalue weighted by Gasteiger charge is -2.29. The molecule has 0 aliphatic heterocycles. The van der Waals surface area contributed by atoms with Crippen molar-refractivity contribution < 1.29 is 25.2 Å². The van der Waals surface area contributed by atoms with Gasteiger partial charge in [-0.25, -0.2) is 4.98 Å². The number of carbonyl (C=O) groups is 1. The van der Waals surface area contributed by atoms with Crippen LogP contribution in [-0.2, 0) is 4.79 Å². The van der Waals surface area contributed by atoms with Crippen molar-refractivity contribution >= 4 is 11.7 Å². The van der Waals surface area contributed by atoms with Crippen LogP contribution < -0.4 is 10.6 Å². The van der Waals surface area contributed by atoms with Gasteiger partial charge in [-0.05, 0) is 0 Å². The minimum absolute atomic E-state index is 0.0502. The maximum absolute atomic E-state index is 11.2. The highest BCUT2D eigenvalue weighted by Gasteiger charge is 2.31. The van der Waals surface area contributed by atoms with E-state index >= 15 is 0 Å². The van der Waals surface area contributed by atoms with Crippen molar-refractivity contribution in [3.63, 3.8) is 0 Å². The van der Waals surface area contributed by atoms with Crippen molar-refractivity contribution in [3.8, 4) is 0 Å². The molecule has 21 heavy (non-hydrogen) atoms. The molecule has 118 valence electrons. The van der Waals surface area contributed by atoms with Gasteiger partial charge in [0, 0.05) is 25.9 Å². The fraction of sp³-hybridized carbons (Fsp3) is 0.583. The van der Waals surface area contributed by atoms with Gasteiger partial charge < -0.3 is 31.1 Å². The third kappa shape index (κ3) is 5.60. The molecule has 6 N–H and O–H groups in total.